The van der Waals surface area contributed by atoms with E-state index in [9.17, 15) is 14.7 Å². The number of carbonyl (C=O) groups is 1. The van der Waals surface area contributed by atoms with Gasteiger partial charge in [0, 0.05) is 6.07 Å². The van der Waals surface area contributed by atoms with Crippen molar-refractivity contribution in [3.63, 3.8) is 0 Å². The lowest BCUT2D eigenvalue weighted by molar-refractivity contribution is 0.0602. The van der Waals surface area contributed by atoms with Crippen molar-refractivity contribution in [2.45, 2.75) is 6.92 Å². The van der Waals surface area contributed by atoms with Crippen LogP contribution in [0.15, 0.2) is 27.4 Å². The van der Waals surface area contributed by atoms with E-state index < -0.39 is 11.4 Å². The monoisotopic (exact) mass is 348 g/mol. The maximum Gasteiger partial charge on any atom is 0.338 e. The van der Waals surface area contributed by atoms with Crippen LogP contribution in [-0.4, -0.2) is 25.3 Å². The Morgan fingerprint density at radius 2 is 1.92 bits per heavy atom. The first-order valence-electron chi connectivity index (χ1n) is 6.94. The summed E-state index contributed by atoms with van der Waals surface area (Å²) >= 11 is 6.20. The van der Waals surface area contributed by atoms with Crippen molar-refractivity contribution in [1.82, 2.24) is 0 Å². The molecule has 0 atom stereocenters. The van der Waals surface area contributed by atoms with Gasteiger partial charge < -0.3 is 19.0 Å². The number of phenolic OH excluding ortho intramolecular Hbond substituents is 1. The highest BCUT2D eigenvalue weighted by molar-refractivity contribution is 6.36. The molecule has 0 radical (unpaired) electrons. The van der Waals surface area contributed by atoms with Crippen molar-refractivity contribution in [1.29, 1.82) is 0 Å². The highest BCUT2D eigenvalue weighted by Gasteiger charge is 2.22. The molecule has 0 aliphatic rings. The molecule has 1 aromatic heterocycles. The highest BCUT2D eigenvalue weighted by Crippen LogP contribution is 2.38. The van der Waals surface area contributed by atoms with E-state index in [1.165, 1.54) is 26.4 Å². The number of aromatic hydroxyl groups is 1. The van der Waals surface area contributed by atoms with Crippen molar-refractivity contribution >= 4 is 39.5 Å². The third kappa shape index (κ3) is 2.27. The zero-order valence-electron chi connectivity index (χ0n) is 13.1. The molecule has 3 rings (SSSR count). The Bertz CT molecular complexity index is 1050. The molecule has 6 nitrogen and oxygen atoms in total. The zero-order valence-corrected chi connectivity index (χ0v) is 13.9. The summed E-state index contributed by atoms with van der Waals surface area (Å²) in [5, 5.41) is 10.1. The molecular weight excluding hydrogens is 336 g/mol. The summed E-state index contributed by atoms with van der Waals surface area (Å²) in [5.74, 6) is -0.849. The van der Waals surface area contributed by atoms with Crippen LogP contribution in [0.25, 0.3) is 21.9 Å². The number of aryl methyl sites for hydroxylation is 1. The summed E-state index contributed by atoms with van der Waals surface area (Å²) in [6, 6.07) is 4.36. The van der Waals surface area contributed by atoms with Crippen LogP contribution in [0, 0.1) is 6.92 Å². The Morgan fingerprint density at radius 1 is 1.21 bits per heavy atom. The molecular formula is C17H13ClO6. The van der Waals surface area contributed by atoms with E-state index in [-0.39, 0.29) is 44.0 Å². The van der Waals surface area contributed by atoms with E-state index >= 15 is 0 Å². The fraction of sp³-hybridized carbons (Fsp3) is 0.176. The third-order valence-corrected chi connectivity index (χ3v) is 4.06. The normalized spacial score (nSPS) is 11.0. The van der Waals surface area contributed by atoms with Gasteiger partial charge in [0.1, 0.15) is 27.5 Å². The minimum atomic E-state index is -0.672. The standard InChI is InChI=1S/C17H13ClO6/c1-7-4-8(17(21)23-3)12-10(5-7)24-16-13(15(12)20)9(19)6-11(22-2)14(16)18/h4-6,19H,1-3H3. The molecule has 0 fully saturated rings. The summed E-state index contributed by atoms with van der Waals surface area (Å²) in [7, 11) is 2.60. The van der Waals surface area contributed by atoms with Crippen molar-refractivity contribution in [3.8, 4) is 11.5 Å². The van der Waals surface area contributed by atoms with Crippen molar-refractivity contribution in [2.24, 2.45) is 0 Å². The van der Waals surface area contributed by atoms with Crippen LogP contribution in [0.1, 0.15) is 15.9 Å². The topological polar surface area (TPSA) is 86.0 Å². The molecule has 0 aliphatic carbocycles. The van der Waals surface area contributed by atoms with Crippen LogP contribution in [0.2, 0.25) is 5.02 Å². The number of rotatable bonds is 2. The first-order chi connectivity index (χ1) is 11.4. The minimum absolute atomic E-state index is 0.00701. The highest BCUT2D eigenvalue weighted by atomic mass is 35.5. The van der Waals surface area contributed by atoms with Gasteiger partial charge in [-0.2, -0.15) is 0 Å². The maximum atomic E-state index is 12.9. The number of carbonyl (C=O) groups excluding carboxylic acids is 1. The number of hydrogen-bond donors (Lipinski definition) is 1. The first kappa shape index (κ1) is 16.1. The average molecular weight is 349 g/mol. The lowest BCUT2D eigenvalue weighted by Crippen LogP contribution is -2.11. The van der Waals surface area contributed by atoms with Gasteiger partial charge in [0.2, 0.25) is 5.43 Å². The molecule has 1 N–H and O–H groups in total. The molecule has 0 unspecified atom stereocenters. The number of benzene rings is 2. The smallest absolute Gasteiger partial charge is 0.338 e. The van der Waals surface area contributed by atoms with E-state index in [2.05, 4.69) is 0 Å². The molecule has 0 saturated carbocycles. The fourth-order valence-electron chi connectivity index (χ4n) is 2.64. The van der Waals surface area contributed by atoms with Gasteiger partial charge in [0.25, 0.3) is 0 Å². The maximum absolute atomic E-state index is 12.9. The van der Waals surface area contributed by atoms with Crippen LogP contribution in [0.4, 0.5) is 0 Å². The quantitative estimate of drug-likeness (QED) is 0.564. The molecule has 0 spiro atoms. The van der Waals surface area contributed by atoms with Gasteiger partial charge in [-0.15, -0.1) is 0 Å². The van der Waals surface area contributed by atoms with E-state index in [4.69, 9.17) is 25.5 Å². The first-order valence-corrected chi connectivity index (χ1v) is 7.31. The number of fused-ring (bicyclic) bond motifs is 2. The molecule has 0 amide bonds. The second-order valence-electron chi connectivity index (χ2n) is 5.22. The SMILES string of the molecule is COC(=O)c1cc(C)cc2oc3c(Cl)c(OC)cc(O)c3c(=O)c12. The molecule has 124 valence electrons. The number of methoxy groups -OCH3 is 2. The van der Waals surface area contributed by atoms with Crippen LogP contribution in [-0.2, 0) is 4.74 Å². The molecule has 2 aromatic carbocycles. The molecule has 0 aliphatic heterocycles. The van der Waals surface area contributed by atoms with E-state index in [0.717, 1.165) is 0 Å². The Labute approximate surface area is 141 Å². The predicted molar refractivity (Wildman–Crippen MR) is 89.3 cm³/mol. The van der Waals surface area contributed by atoms with Gasteiger partial charge in [0.05, 0.1) is 25.2 Å². The molecule has 24 heavy (non-hydrogen) atoms. The minimum Gasteiger partial charge on any atom is -0.507 e. The molecule has 0 bridgehead atoms. The Morgan fingerprint density at radius 3 is 2.54 bits per heavy atom. The zero-order chi connectivity index (χ0) is 17.6. The Kier molecular flexibility index (Phi) is 3.85. The van der Waals surface area contributed by atoms with Crippen molar-refractivity contribution < 1.29 is 23.8 Å². The number of halogens is 1. The molecule has 7 heteroatoms. The van der Waals surface area contributed by atoms with E-state index in [1.807, 2.05) is 0 Å². The number of phenols is 1. The number of ether oxygens (including phenoxy) is 2. The predicted octanol–water partition coefficient (Wildman–Crippen LogP) is 3.41. The van der Waals surface area contributed by atoms with E-state index in [0.29, 0.717) is 5.56 Å². The fourth-order valence-corrected chi connectivity index (χ4v) is 2.90. The lowest BCUT2D eigenvalue weighted by atomic mass is 10.0. The Hall–Kier alpha value is -2.73. The summed E-state index contributed by atoms with van der Waals surface area (Å²) in [5.41, 5.74) is 0.353. The summed E-state index contributed by atoms with van der Waals surface area (Å²) in [4.78, 5) is 24.9. The van der Waals surface area contributed by atoms with Crippen LogP contribution in [0.3, 0.4) is 0 Å². The van der Waals surface area contributed by atoms with Crippen LogP contribution < -0.4 is 10.2 Å². The van der Waals surface area contributed by atoms with E-state index in [1.54, 1.807) is 13.0 Å². The van der Waals surface area contributed by atoms with Gasteiger partial charge in [-0.3, -0.25) is 4.79 Å². The van der Waals surface area contributed by atoms with Crippen molar-refractivity contribution in [3.05, 3.63) is 44.6 Å². The Balaban J connectivity index is 2.59. The van der Waals surface area contributed by atoms with Gasteiger partial charge in [0.15, 0.2) is 5.58 Å². The summed E-state index contributed by atoms with van der Waals surface area (Å²) in [6.45, 7) is 1.75. The second-order valence-corrected chi connectivity index (χ2v) is 5.60. The van der Waals surface area contributed by atoms with Crippen molar-refractivity contribution in [2.75, 3.05) is 14.2 Å². The third-order valence-electron chi connectivity index (χ3n) is 3.70. The average Bonchev–Trinajstić information content (AvgIpc) is 2.55. The number of esters is 1. The number of hydrogen-bond acceptors (Lipinski definition) is 6. The van der Waals surface area contributed by atoms with Gasteiger partial charge in [-0.05, 0) is 24.6 Å². The van der Waals surface area contributed by atoms with Crippen LogP contribution in [0.5, 0.6) is 11.5 Å². The van der Waals surface area contributed by atoms with Gasteiger partial charge in [-0.1, -0.05) is 11.6 Å². The van der Waals surface area contributed by atoms with Crippen LogP contribution >= 0.6 is 11.6 Å². The summed E-state index contributed by atoms with van der Waals surface area (Å²) < 4.78 is 15.5. The molecule has 0 saturated heterocycles. The largest absolute Gasteiger partial charge is 0.507 e. The lowest BCUT2D eigenvalue weighted by Gasteiger charge is -2.11. The van der Waals surface area contributed by atoms with Gasteiger partial charge >= 0.3 is 5.97 Å². The molecule has 1 heterocycles. The molecule has 3 aromatic rings. The summed E-state index contributed by atoms with van der Waals surface area (Å²) in [6.07, 6.45) is 0. The second kappa shape index (κ2) is 5.72. The van der Waals surface area contributed by atoms with Gasteiger partial charge in [-0.25, -0.2) is 4.79 Å².